The Balaban J connectivity index is 1.89. The third kappa shape index (κ3) is 1.84. The summed E-state index contributed by atoms with van der Waals surface area (Å²) in [5, 5.41) is 14.8. The van der Waals surface area contributed by atoms with Crippen molar-refractivity contribution in [2.24, 2.45) is 0 Å². The van der Waals surface area contributed by atoms with E-state index in [9.17, 15) is 9.90 Å². The molecule has 0 saturated heterocycles. The Kier molecular flexibility index (Phi) is 2.60. The number of phenolic OH excluding ortho intramolecular Hbond substituents is 1. The molecule has 0 saturated carbocycles. The van der Waals surface area contributed by atoms with Gasteiger partial charge in [-0.3, -0.25) is 4.79 Å². The predicted molar refractivity (Wildman–Crippen MR) is 106 cm³/mol. The lowest BCUT2D eigenvalue weighted by Gasteiger charge is -2.07. The lowest BCUT2D eigenvalue weighted by Crippen LogP contribution is -1.93. The molecule has 1 N–H and O–H groups in total. The van der Waals surface area contributed by atoms with Gasteiger partial charge in [0.15, 0.2) is 27.8 Å². The van der Waals surface area contributed by atoms with Gasteiger partial charge in [-0.1, -0.05) is 36.4 Å². The third-order valence-corrected chi connectivity index (χ3v) is 5.15. The molecular formula is C23H12O4. The smallest absolute Gasteiger partial charge is 0.194 e. The van der Waals surface area contributed by atoms with E-state index in [0.29, 0.717) is 38.5 Å². The van der Waals surface area contributed by atoms with Crippen molar-refractivity contribution in [3.05, 3.63) is 77.0 Å². The normalized spacial score (nSPS) is 12.0. The van der Waals surface area contributed by atoms with Crippen LogP contribution in [-0.2, 0) is 0 Å². The number of aromatic hydroxyl groups is 1. The van der Waals surface area contributed by atoms with E-state index in [2.05, 4.69) is 0 Å². The summed E-state index contributed by atoms with van der Waals surface area (Å²) in [7, 11) is 0. The Labute approximate surface area is 151 Å². The minimum absolute atomic E-state index is 0.0511. The van der Waals surface area contributed by atoms with Crippen molar-refractivity contribution < 1.29 is 13.9 Å². The quantitative estimate of drug-likeness (QED) is 0.356. The van der Waals surface area contributed by atoms with Gasteiger partial charge in [-0.25, -0.2) is 0 Å². The van der Waals surface area contributed by atoms with Crippen LogP contribution >= 0.6 is 0 Å². The predicted octanol–water partition coefficient (Wildman–Crippen LogP) is 5.70. The second kappa shape index (κ2) is 4.89. The van der Waals surface area contributed by atoms with Crippen LogP contribution in [0.25, 0.3) is 54.6 Å². The van der Waals surface area contributed by atoms with Crippen LogP contribution in [0.1, 0.15) is 0 Å². The fourth-order valence-electron chi connectivity index (χ4n) is 3.94. The van der Waals surface area contributed by atoms with Crippen molar-refractivity contribution in [3.8, 4) is 5.75 Å². The van der Waals surface area contributed by atoms with E-state index in [1.165, 1.54) is 0 Å². The van der Waals surface area contributed by atoms with Gasteiger partial charge in [0.05, 0.1) is 0 Å². The average molecular weight is 352 g/mol. The zero-order valence-electron chi connectivity index (χ0n) is 14.0. The van der Waals surface area contributed by atoms with Crippen LogP contribution in [0.2, 0.25) is 0 Å². The first-order chi connectivity index (χ1) is 13.2. The number of para-hydroxylation sites is 2. The maximum absolute atomic E-state index is 12.8. The third-order valence-electron chi connectivity index (χ3n) is 5.15. The fourth-order valence-corrected chi connectivity index (χ4v) is 3.94. The van der Waals surface area contributed by atoms with Gasteiger partial charge in [0.2, 0.25) is 0 Å². The molecule has 6 rings (SSSR count). The van der Waals surface area contributed by atoms with E-state index in [1.807, 2.05) is 54.6 Å². The van der Waals surface area contributed by atoms with Crippen LogP contribution in [0.5, 0.6) is 5.75 Å². The molecule has 1 aromatic heterocycles. The van der Waals surface area contributed by atoms with Crippen LogP contribution in [0.4, 0.5) is 0 Å². The molecule has 6 aromatic rings. The summed E-state index contributed by atoms with van der Waals surface area (Å²) in [6, 6.07) is 20.1. The summed E-state index contributed by atoms with van der Waals surface area (Å²) in [5.74, 6) is 0.0511. The summed E-state index contributed by atoms with van der Waals surface area (Å²) in [4.78, 5) is 12.8. The minimum atomic E-state index is -0.0713. The molecular weight excluding hydrogens is 340 g/mol. The number of benzene rings is 4. The maximum Gasteiger partial charge on any atom is 0.194 e. The molecule has 0 aliphatic carbocycles. The second-order valence-corrected chi connectivity index (χ2v) is 6.69. The SMILES string of the molecule is O=c1c2ccccc2c2c1cc(O)c1cc3oc4ccccc4oc3cc12. The number of hydrogen-bond donors (Lipinski definition) is 1. The Hall–Kier alpha value is -3.79. The summed E-state index contributed by atoms with van der Waals surface area (Å²) in [6.07, 6.45) is 0. The molecule has 4 nitrogen and oxygen atoms in total. The van der Waals surface area contributed by atoms with E-state index in [0.717, 1.165) is 16.2 Å². The fraction of sp³-hybridized carbons (Fsp3) is 0. The molecule has 0 amide bonds. The molecule has 27 heavy (non-hydrogen) atoms. The van der Waals surface area contributed by atoms with Gasteiger partial charge in [-0.05, 0) is 41.1 Å². The molecule has 0 aliphatic heterocycles. The first-order valence-electron chi connectivity index (χ1n) is 8.63. The second-order valence-electron chi connectivity index (χ2n) is 6.69. The van der Waals surface area contributed by atoms with Gasteiger partial charge in [0.25, 0.3) is 0 Å². The van der Waals surface area contributed by atoms with Gasteiger partial charge < -0.3 is 13.9 Å². The van der Waals surface area contributed by atoms with Crippen LogP contribution < -0.4 is 5.43 Å². The number of rotatable bonds is 0. The van der Waals surface area contributed by atoms with Crippen molar-refractivity contribution >= 4 is 54.6 Å². The van der Waals surface area contributed by atoms with Gasteiger partial charge in [-0.15, -0.1) is 0 Å². The Bertz CT molecular complexity index is 1600. The number of phenols is 1. The highest BCUT2D eigenvalue weighted by molar-refractivity contribution is 6.25. The Morgan fingerprint density at radius 2 is 1.19 bits per heavy atom. The molecule has 0 fully saturated rings. The highest BCUT2D eigenvalue weighted by atomic mass is 16.4. The highest BCUT2D eigenvalue weighted by Gasteiger charge is 2.17. The van der Waals surface area contributed by atoms with Gasteiger partial charge in [0, 0.05) is 21.5 Å². The standard InChI is InChI=1S/C23H12O4/c24-17-9-16-22(12-5-1-2-6-13(12)23(16)25)15-11-21-20(10-14(15)17)26-18-7-3-4-8-19(18)27-21/h1-11,24H. The molecule has 4 heteroatoms. The minimum Gasteiger partial charge on any atom is -0.507 e. The monoisotopic (exact) mass is 352 g/mol. The van der Waals surface area contributed by atoms with E-state index in [4.69, 9.17) is 8.83 Å². The topological polar surface area (TPSA) is 63.6 Å². The Morgan fingerprint density at radius 1 is 0.593 bits per heavy atom. The number of hydrogen-bond acceptors (Lipinski definition) is 4. The molecule has 0 bridgehead atoms. The van der Waals surface area contributed by atoms with Crippen molar-refractivity contribution in [2.45, 2.75) is 0 Å². The molecule has 0 aliphatic rings. The molecule has 0 radical (unpaired) electrons. The summed E-state index contributed by atoms with van der Waals surface area (Å²) >= 11 is 0. The summed E-state index contributed by atoms with van der Waals surface area (Å²) < 4.78 is 12.0. The highest BCUT2D eigenvalue weighted by Crippen LogP contribution is 2.39. The largest absolute Gasteiger partial charge is 0.507 e. The van der Waals surface area contributed by atoms with Crippen molar-refractivity contribution in [1.29, 1.82) is 0 Å². The molecule has 128 valence electrons. The zero-order valence-corrected chi connectivity index (χ0v) is 14.0. The maximum atomic E-state index is 12.8. The Morgan fingerprint density at radius 3 is 1.89 bits per heavy atom. The van der Waals surface area contributed by atoms with E-state index in [1.54, 1.807) is 12.1 Å². The zero-order chi connectivity index (χ0) is 18.1. The van der Waals surface area contributed by atoms with Crippen LogP contribution in [0, 0.1) is 0 Å². The van der Waals surface area contributed by atoms with Gasteiger partial charge in [-0.2, -0.15) is 0 Å². The van der Waals surface area contributed by atoms with Crippen molar-refractivity contribution in [2.75, 3.05) is 0 Å². The van der Waals surface area contributed by atoms with E-state index < -0.39 is 0 Å². The van der Waals surface area contributed by atoms with Crippen molar-refractivity contribution in [1.82, 2.24) is 0 Å². The van der Waals surface area contributed by atoms with Crippen LogP contribution in [-0.4, -0.2) is 5.11 Å². The van der Waals surface area contributed by atoms with Crippen LogP contribution in [0.3, 0.4) is 0 Å². The molecule has 0 atom stereocenters. The average Bonchev–Trinajstić information content (AvgIpc) is 2.98. The first-order valence-corrected chi connectivity index (χ1v) is 8.63. The van der Waals surface area contributed by atoms with E-state index in [-0.39, 0.29) is 11.2 Å². The molecule has 0 spiro atoms. The molecule has 0 unspecified atom stereocenters. The lowest BCUT2D eigenvalue weighted by atomic mass is 10.0. The van der Waals surface area contributed by atoms with Gasteiger partial charge >= 0.3 is 0 Å². The van der Waals surface area contributed by atoms with E-state index >= 15 is 0 Å². The van der Waals surface area contributed by atoms with Gasteiger partial charge in [0.1, 0.15) is 5.75 Å². The number of fused-ring (bicyclic) bond motifs is 7. The van der Waals surface area contributed by atoms with Crippen molar-refractivity contribution in [3.63, 3.8) is 0 Å². The van der Waals surface area contributed by atoms with Crippen LogP contribution in [0.15, 0.2) is 80.4 Å². The first kappa shape index (κ1) is 14.4. The summed E-state index contributed by atoms with van der Waals surface area (Å²) in [6.45, 7) is 0. The molecule has 1 heterocycles. The molecule has 5 aromatic carbocycles. The summed E-state index contributed by atoms with van der Waals surface area (Å²) in [5.41, 5.74) is 2.29. The lowest BCUT2D eigenvalue weighted by molar-refractivity contribution is 0.482.